The van der Waals surface area contributed by atoms with Crippen LogP contribution in [0.2, 0.25) is 5.15 Å². The van der Waals surface area contributed by atoms with Crippen molar-refractivity contribution in [2.45, 2.75) is 19.4 Å². The molecule has 2 heterocycles. The maximum absolute atomic E-state index is 6.18. The number of aromatic nitrogens is 3. The predicted octanol–water partition coefficient (Wildman–Crippen LogP) is 2.02. The number of nitrogens with two attached hydrogens (primary N) is 1. The second-order valence-electron chi connectivity index (χ2n) is 4.07. The second kappa shape index (κ2) is 4.85. The molecule has 90 valence electrons. The first-order chi connectivity index (χ1) is 8.09. The first-order valence-electron chi connectivity index (χ1n) is 5.43. The van der Waals surface area contributed by atoms with E-state index >= 15 is 0 Å². The SMILES string of the molecule is Cc1nn(C)c(Cl)c1CC(N)c1ccncc1. The van der Waals surface area contributed by atoms with Crippen molar-refractivity contribution >= 4 is 11.6 Å². The maximum atomic E-state index is 6.18. The lowest BCUT2D eigenvalue weighted by Crippen LogP contribution is -2.13. The lowest BCUT2D eigenvalue weighted by molar-refractivity contribution is 0.716. The molecule has 0 aliphatic heterocycles. The highest BCUT2D eigenvalue weighted by molar-refractivity contribution is 6.30. The van der Waals surface area contributed by atoms with Gasteiger partial charge >= 0.3 is 0 Å². The van der Waals surface area contributed by atoms with Crippen LogP contribution in [0.5, 0.6) is 0 Å². The van der Waals surface area contributed by atoms with Crippen LogP contribution in [-0.2, 0) is 13.5 Å². The quantitative estimate of drug-likeness (QED) is 0.907. The molecule has 0 amide bonds. The number of pyridine rings is 1. The third-order valence-electron chi connectivity index (χ3n) is 2.83. The molecule has 2 N–H and O–H groups in total. The lowest BCUT2D eigenvalue weighted by Gasteiger charge is -2.11. The summed E-state index contributed by atoms with van der Waals surface area (Å²) in [6, 6.07) is 3.76. The molecule has 0 fully saturated rings. The fourth-order valence-electron chi connectivity index (χ4n) is 1.85. The Labute approximate surface area is 105 Å². The summed E-state index contributed by atoms with van der Waals surface area (Å²) in [6.45, 7) is 1.94. The van der Waals surface area contributed by atoms with E-state index in [4.69, 9.17) is 17.3 Å². The third kappa shape index (κ3) is 2.48. The molecule has 2 aromatic heterocycles. The molecule has 0 aromatic carbocycles. The van der Waals surface area contributed by atoms with Gasteiger partial charge < -0.3 is 5.73 Å². The van der Waals surface area contributed by atoms with E-state index in [1.165, 1.54) is 0 Å². The number of aryl methyl sites for hydroxylation is 2. The minimum atomic E-state index is -0.0848. The molecule has 1 atom stereocenters. The molecule has 5 heteroatoms. The predicted molar refractivity (Wildman–Crippen MR) is 67.8 cm³/mol. The van der Waals surface area contributed by atoms with Crippen LogP contribution in [-0.4, -0.2) is 14.8 Å². The highest BCUT2D eigenvalue weighted by Gasteiger charge is 2.15. The smallest absolute Gasteiger partial charge is 0.130 e. The van der Waals surface area contributed by atoms with Crippen molar-refractivity contribution in [1.29, 1.82) is 0 Å². The summed E-state index contributed by atoms with van der Waals surface area (Å²) < 4.78 is 1.67. The summed E-state index contributed by atoms with van der Waals surface area (Å²) in [7, 11) is 1.83. The van der Waals surface area contributed by atoms with E-state index in [1.54, 1.807) is 17.1 Å². The summed E-state index contributed by atoms with van der Waals surface area (Å²) in [5, 5.41) is 4.93. The Morgan fingerprint density at radius 3 is 2.59 bits per heavy atom. The fraction of sp³-hybridized carbons (Fsp3) is 0.333. The monoisotopic (exact) mass is 250 g/mol. The van der Waals surface area contributed by atoms with Gasteiger partial charge in [0.1, 0.15) is 5.15 Å². The lowest BCUT2D eigenvalue weighted by atomic mass is 10.0. The highest BCUT2D eigenvalue weighted by Crippen LogP contribution is 2.24. The van der Waals surface area contributed by atoms with Gasteiger partial charge in [-0.3, -0.25) is 9.67 Å². The van der Waals surface area contributed by atoms with Gasteiger partial charge in [-0.05, 0) is 31.0 Å². The Bertz CT molecular complexity index is 507. The Kier molecular flexibility index (Phi) is 3.45. The average molecular weight is 251 g/mol. The minimum absolute atomic E-state index is 0.0848. The summed E-state index contributed by atoms with van der Waals surface area (Å²) >= 11 is 6.18. The molecule has 0 aliphatic rings. The van der Waals surface area contributed by atoms with Crippen molar-refractivity contribution in [1.82, 2.24) is 14.8 Å². The standard InChI is InChI=1S/C12H15ClN4/c1-8-10(12(13)17(2)16-8)7-11(14)9-3-5-15-6-4-9/h3-6,11H,7,14H2,1-2H3. The zero-order valence-corrected chi connectivity index (χ0v) is 10.6. The van der Waals surface area contributed by atoms with E-state index in [0.29, 0.717) is 11.6 Å². The molecular weight excluding hydrogens is 236 g/mol. The second-order valence-corrected chi connectivity index (χ2v) is 4.43. The van der Waals surface area contributed by atoms with Gasteiger partial charge in [-0.25, -0.2) is 0 Å². The maximum Gasteiger partial charge on any atom is 0.130 e. The van der Waals surface area contributed by atoms with Crippen molar-refractivity contribution in [2.24, 2.45) is 12.8 Å². The van der Waals surface area contributed by atoms with Crippen LogP contribution in [0.1, 0.15) is 22.9 Å². The van der Waals surface area contributed by atoms with Crippen molar-refractivity contribution in [3.8, 4) is 0 Å². The number of nitrogens with zero attached hydrogens (tertiary/aromatic N) is 3. The molecule has 0 radical (unpaired) electrons. The number of rotatable bonds is 3. The van der Waals surface area contributed by atoms with Gasteiger partial charge in [-0.2, -0.15) is 5.10 Å². The van der Waals surface area contributed by atoms with Gasteiger partial charge in [0.25, 0.3) is 0 Å². The van der Waals surface area contributed by atoms with Gasteiger partial charge in [0.05, 0.1) is 5.69 Å². The van der Waals surface area contributed by atoms with E-state index in [1.807, 2.05) is 26.1 Å². The number of hydrogen-bond donors (Lipinski definition) is 1. The highest BCUT2D eigenvalue weighted by atomic mass is 35.5. The van der Waals surface area contributed by atoms with E-state index in [-0.39, 0.29) is 6.04 Å². The summed E-state index contributed by atoms with van der Waals surface area (Å²) in [4.78, 5) is 3.98. The zero-order valence-electron chi connectivity index (χ0n) is 9.89. The van der Waals surface area contributed by atoms with Crippen molar-refractivity contribution in [2.75, 3.05) is 0 Å². The Morgan fingerprint density at radius 2 is 2.06 bits per heavy atom. The molecule has 2 rings (SSSR count). The van der Waals surface area contributed by atoms with Gasteiger partial charge in [0.15, 0.2) is 0 Å². The third-order valence-corrected chi connectivity index (χ3v) is 3.30. The molecule has 17 heavy (non-hydrogen) atoms. The molecule has 1 unspecified atom stereocenters. The number of hydrogen-bond acceptors (Lipinski definition) is 3. The molecule has 0 spiro atoms. The van der Waals surface area contributed by atoms with Gasteiger partial charge in [-0.1, -0.05) is 11.6 Å². The Hall–Kier alpha value is -1.39. The molecule has 0 saturated carbocycles. The topological polar surface area (TPSA) is 56.7 Å². The average Bonchev–Trinajstić information content (AvgIpc) is 2.57. The molecule has 0 saturated heterocycles. The molecular formula is C12H15ClN4. The normalized spacial score (nSPS) is 12.7. The van der Waals surface area contributed by atoms with Crippen LogP contribution in [0, 0.1) is 6.92 Å². The molecule has 2 aromatic rings. The van der Waals surface area contributed by atoms with E-state index in [2.05, 4.69) is 10.1 Å². The van der Waals surface area contributed by atoms with Crippen molar-refractivity contribution < 1.29 is 0 Å². The molecule has 0 bridgehead atoms. The van der Waals surface area contributed by atoms with Crippen LogP contribution in [0.25, 0.3) is 0 Å². The van der Waals surface area contributed by atoms with Gasteiger partial charge in [0, 0.05) is 31.0 Å². The van der Waals surface area contributed by atoms with E-state index in [9.17, 15) is 0 Å². The molecule has 0 aliphatic carbocycles. The Morgan fingerprint density at radius 1 is 1.41 bits per heavy atom. The number of halogens is 1. The Balaban J connectivity index is 2.22. The fourth-order valence-corrected chi connectivity index (χ4v) is 2.11. The van der Waals surface area contributed by atoms with Crippen LogP contribution >= 0.6 is 11.6 Å². The summed E-state index contributed by atoms with van der Waals surface area (Å²) in [5.74, 6) is 0. The first-order valence-corrected chi connectivity index (χ1v) is 5.81. The van der Waals surface area contributed by atoms with Crippen LogP contribution in [0.3, 0.4) is 0 Å². The summed E-state index contributed by atoms with van der Waals surface area (Å²) in [6.07, 6.45) is 4.17. The van der Waals surface area contributed by atoms with Crippen LogP contribution < -0.4 is 5.73 Å². The largest absolute Gasteiger partial charge is 0.324 e. The summed E-state index contributed by atoms with van der Waals surface area (Å²) in [5.41, 5.74) is 9.15. The first kappa shape index (κ1) is 12.1. The van der Waals surface area contributed by atoms with Crippen LogP contribution in [0.15, 0.2) is 24.5 Å². The van der Waals surface area contributed by atoms with Crippen molar-refractivity contribution in [3.05, 3.63) is 46.5 Å². The zero-order chi connectivity index (χ0) is 12.4. The van der Waals surface area contributed by atoms with E-state index in [0.717, 1.165) is 16.8 Å². The minimum Gasteiger partial charge on any atom is -0.324 e. The van der Waals surface area contributed by atoms with E-state index < -0.39 is 0 Å². The molecule has 4 nitrogen and oxygen atoms in total. The van der Waals surface area contributed by atoms with Gasteiger partial charge in [0.2, 0.25) is 0 Å². The van der Waals surface area contributed by atoms with Crippen molar-refractivity contribution in [3.63, 3.8) is 0 Å². The van der Waals surface area contributed by atoms with Gasteiger partial charge in [-0.15, -0.1) is 0 Å². The van der Waals surface area contributed by atoms with Crippen LogP contribution in [0.4, 0.5) is 0 Å².